The number of alkyl halides is 2. The van der Waals surface area contributed by atoms with Gasteiger partial charge >= 0.3 is 0 Å². The number of rotatable bonds is 11. The lowest BCUT2D eigenvalue weighted by atomic mass is 9.92. The number of nitrogens with zero attached hydrogens (tertiary/aromatic N) is 8. The summed E-state index contributed by atoms with van der Waals surface area (Å²) in [6.45, 7) is 2.90. The molecule has 3 N–H and O–H groups in total. The molecule has 320 valence electrons. The van der Waals surface area contributed by atoms with Gasteiger partial charge in [-0.1, -0.05) is 11.2 Å². The Morgan fingerprint density at radius 2 is 1.80 bits per heavy atom. The summed E-state index contributed by atoms with van der Waals surface area (Å²) in [5, 5.41) is 21.2. The zero-order valence-corrected chi connectivity index (χ0v) is 33.2. The number of morpholine rings is 1. The molecule has 5 fully saturated rings. The van der Waals surface area contributed by atoms with Gasteiger partial charge in [0.15, 0.2) is 16.9 Å². The van der Waals surface area contributed by atoms with E-state index < -0.39 is 29.9 Å². The normalized spacial score (nSPS) is 24.9. The molecule has 8 heterocycles. The van der Waals surface area contributed by atoms with E-state index >= 15 is 0 Å². The van der Waals surface area contributed by atoms with Crippen molar-refractivity contribution < 1.29 is 42.0 Å². The Morgan fingerprint density at radius 3 is 2.56 bits per heavy atom. The van der Waals surface area contributed by atoms with Crippen LogP contribution in [-0.2, 0) is 23.9 Å². The number of likely N-dealkylation sites (tertiary alicyclic amines) is 1. The molecule has 1 saturated carbocycles. The Hall–Kier alpha value is -5.86. The Balaban J connectivity index is 0.699. The summed E-state index contributed by atoms with van der Waals surface area (Å²) >= 11 is 0. The summed E-state index contributed by atoms with van der Waals surface area (Å²) in [5.74, 6) is -1.41. The third-order valence-corrected chi connectivity index (χ3v) is 12.7. The zero-order chi connectivity index (χ0) is 41.8. The number of para-hydroxylation sites is 1. The summed E-state index contributed by atoms with van der Waals surface area (Å²) in [4.78, 5) is 59.7. The van der Waals surface area contributed by atoms with Gasteiger partial charge in [0.25, 0.3) is 12.3 Å². The second-order valence-electron chi connectivity index (χ2n) is 16.6. The number of nitrogens with one attached hydrogen (secondary N) is 3. The number of hydrogen-bond donors (Lipinski definition) is 3. The van der Waals surface area contributed by atoms with E-state index in [1.807, 2.05) is 6.07 Å². The maximum Gasteiger partial charge on any atom is 0.284 e. The number of hydrogen-bond acceptors (Lipinski definition) is 13. The molecule has 4 aliphatic heterocycles. The topological polar surface area (TPSA) is 203 Å². The predicted molar refractivity (Wildman–Crippen MR) is 213 cm³/mol. The SMILES string of the molecule is O=C1CC[C@H](c2noc3c(NC(=O)CN4CCC(OC5CCC(n6cc(NC(=O)c7cnn8ccc(N9C[C@H]%10C[C@@H]9CO%10)nc78)c(C(F)F)n6)CC5)CC4)cccc23)C(=O)N1. The van der Waals surface area contributed by atoms with E-state index in [0.29, 0.717) is 72.8 Å². The van der Waals surface area contributed by atoms with E-state index in [1.165, 1.54) is 16.9 Å². The second-order valence-corrected chi connectivity index (χ2v) is 16.6. The van der Waals surface area contributed by atoms with Crippen molar-refractivity contribution in [3.05, 3.63) is 59.8 Å². The molecule has 0 radical (unpaired) electrons. The van der Waals surface area contributed by atoms with Gasteiger partial charge in [-0.25, -0.2) is 18.3 Å². The van der Waals surface area contributed by atoms with Crippen LogP contribution >= 0.6 is 0 Å². The zero-order valence-electron chi connectivity index (χ0n) is 33.2. The molecule has 20 heteroatoms. The number of anilines is 3. The highest BCUT2D eigenvalue weighted by atomic mass is 19.3. The van der Waals surface area contributed by atoms with Gasteiger partial charge in [-0.2, -0.15) is 10.2 Å². The number of amides is 4. The first-order valence-corrected chi connectivity index (χ1v) is 20.9. The number of carbonyl (C=O) groups excluding carboxylic acids is 4. The first kappa shape index (κ1) is 39.3. The molecule has 3 atom stereocenters. The summed E-state index contributed by atoms with van der Waals surface area (Å²) in [6.07, 6.45) is 7.80. The quantitative estimate of drug-likeness (QED) is 0.159. The van der Waals surface area contributed by atoms with Crippen LogP contribution < -0.4 is 20.9 Å². The third-order valence-electron chi connectivity index (χ3n) is 12.7. The molecule has 4 amide bonds. The molecule has 61 heavy (non-hydrogen) atoms. The van der Waals surface area contributed by atoms with Crippen molar-refractivity contribution in [1.29, 1.82) is 0 Å². The summed E-state index contributed by atoms with van der Waals surface area (Å²) < 4.78 is 49.4. The van der Waals surface area contributed by atoms with Gasteiger partial charge < -0.3 is 29.5 Å². The lowest BCUT2D eigenvalue weighted by Gasteiger charge is -2.36. The van der Waals surface area contributed by atoms with Crippen LogP contribution in [0.1, 0.15) is 97.9 Å². The number of ether oxygens (including phenoxy) is 2. The van der Waals surface area contributed by atoms with Gasteiger partial charge in [0, 0.05) is 43.8 Å². The average Bonchev–Trinajstić information content (AvgIpc) is 4.11. The number of aromatic nitrogens is 6. The van der Waals surface area contributed by atoms with Gasteiger partial charge in [0.1, 0.15) is 17.1 Å². The smallest absolute Gasteiger partial charge is 0.284 e. The van der Waals surface area contributed by atoms with Crippen LogP contribution in [0.4, 0.5) is 26.0 Å². The second kappa shape index (κ2) is 16.2. The van der Waals surface area contributed by atoms with Crippen LogP contribution in [0.3, 0.4) is 0 Å². The molecule has 0 unspecified atom stereocenters. The molecule has 0 spiro atoms. The first-order chi connectivity index (χ1) is 29.6. The molecule has 1 aliphatic carbocycles. The van der Waals surface area contributed by atoms with Crippen molar-refractivity contribution in [2.75, 3.05) is 48.3 Å². The lowest BCUT2D eigenvalue weighted by molar-refractivity contribution is -0.134. The molecule has 5 aromatic rings. The van der Waals surface area contributed by atoms with Crippen molar-refractivity contribution >= 4 is 57.4 Å². The Morgan fingerprint density at radius 1 is 0.984 bits per heavy atom. The van der Waals surface area contributed by atoms with Gasteiger partial charge in [0.2, 0.25) is 17.7 Å². The molecular formula is C41H45F2N11O7. The van der Waals surface area contributed by atoms with Gasteiger partial charge in [-0.05, 0) is 69.6 Å². The highest BCUT2D eigenvalue weighted by Gasteiger charge is 2.40. The van der Waals surface area contributed by atoms with Crippen molar-refractivity contribution in [3.63, 3.8) is 0 Å². The molecule has 2 bridgehead atoms. The van der Waals surface area contributed by atoms with E-state index in [0.717, 1.165) is 38.6 Å². The number of piperidine rings is 2. The third kappa shape index (κ3) is 7.83. The fraction of sp³-hybridized carbons (Fsp3) is 0.512. The first-order valence-electron chi connectivity index (χ1n) is 20.9. The minimum Gasteiger partial charge on any atom is -0.375 e. The van der Waals surface area contributed by atoms with Crippen LogP contribution in [0.2, 0.25) is 0 Å². The largest absolute Gasteiger partial charge is 0.375 e. The van der Waals surface area contributed by atoms with E-state index in [1.54, 1.807) is 29.1 Å². The Labute approximate surface area is 347 Å². The number of imide groups is 1. The van der Waals surface area contributed by atoms with E-state index in [9.17, 15) is 28.0 Å². The van der Waals surface area contributed by atoms with Gasteiger partial charge in [-0.15, -0.1) is 0 Å². The number of halogens is 2. The monoisotopic (exact) mass is 841 g/mol. The number of benzene rings is 1. The molecule has 5 aliphatic rings. The van der Waals surface area contributed by atoms with Crippen LogP contribution in [0.15, 0.2) is 47.4 Å². The van der Waals surface area contributed by atoms with E-state index in [2.05, 4.69) is 41.1 Å². The van der Waals surface area contributed by atoms with Gasteiger partial charge in [-0.3, -0.25) is 34.1 Å². The molecular weight excluding hydrogens is 797 g/mol. The van der Waals surface area contributed by atoms with E-state index in [-0.39, 0.29) is 66.4 Å². The summed E-state index contributed by atoms with van der Waals surface area (Å²) in [6, 6.07) is 7.22. The van der Waals surface area contributed by atoms with Crippen molar-refractivity contribution in [1.82, 2.24) is 39.8 Å². The number of fused-ring (bicyclic) bond motifs is 4. The highest BCUT2D eigenvalue weighted by molar-refractivity contribution is 6.08. The van der Waals surface area contributed by atoms with Gasteiger partial charge in [0.05, 0.1) is 67.0 Å². The maximum atomic E-state index is 14.3. The standard InChI is InChI=1S/C41H45F2N11O7/c42-38(43)36-31(46-41(58)29-17-44-53-15-12-32(47-39(29)53)52-18-26-16-23(52)21-59-26)19-54(49-36)22-4-6-24(7-5-22)60-25-10-13-51(14-11-25)20-34(56)45-30-3-1-2-27-35(50-61-37(27)30)28-8-9-33(55)48-40(28)57/h1-3,12,15,17,19,22-26,28,38H,4-11,13-14,16,18,20-21H2,(H,45,56)(H,46,58)(H,48,55,57)/t22?,23-,24?,26-,28-/m1/s1. The molecule has 10 rings (SSSR count). The Kier molecular flexibility index (Phi) is 10.4. The van der Waals surface area contributed by atoms with Crippen molar-refractivity contribution in [3.8, 4) is 0 Å². The van der Waals surface area contributed by atoms with Crippen LogP contribution in [-0.4, -0.2) is 115 Å². The molecule has 1 aromatic carbocycles. The van der Waals surface area contributed by atoms with Crippen molar-refractivity contribution in [2.24, 2.45) is 0 Å². The minimum absolute atomic E-state index is 0.0177. The molecule has 4 aromatic heterocycles. The lowest BCUT2D eigenvalue weighted by Crippen LogP contribution is -2.42. The molecule has 18 nitrogen and oxygen atoms in total. The van der Waals surface area contributed by atoms with E-state index in [4.69, 9.17) is 19.0 Å². The summed E-state index contributed by atoms with van der Waals surface area (Å²) in [5.41, 5.74) is 1.25. The van der Waals surface area contributed by atoms with Crippen LogP contribution in [0, 0.1) is 0 Å². The fourth-order valence-corrected chi connectivity index (χ4v) is 9.50. The maximum absolute atomic E-state index is 14.3. The van der Waals surface area contributed by atoms with Crippen LogP contribution in [0.5, 0.6) is 0 Å². The Bertz CT molecular complexity index is 2490. The molecule has 4 saturated heterocycles. The average molecular weight is 842 g/mol. The minimum atomic E-state index is -2.89. The predicted octanol–water partition coefficient (Wildman–Crippen LogP) is 4.36. The summed E-state index contributed by atoms with van der Waals surface area (Å²) in [7, 11) is 0. The highest BCUT2D eigenvalue weighted by Crippen LogP contribution is 2.37. The van der Waals surface area contributed by atoms with Crippen molar-refractivity contribution in [2.45, 2.75) is 101 Å². The van der Waals surface area contributed by atoms with Crippen LogP contribution in [0.25, 0.3) is 16.6 Å². The number of carbonyl (C=O) groups is 4. The fourth-order valence-electron chi connectivity index (χ4n) is 9.50.